The second-order valence-electron chi connectivity index (χ2n) is 4.67. The predicted molar refractivity (Wildman–Crippen MR) is 71.8 cm³/mol. The van der Waals surface area contributed by atoms with E-state index in [-0.39, 0.29) is 18.4 Å². The van der Waals surface area contributed by atoms with Crippen molar-refractivity contribution >= 4 is 18.3 Å². The van der Waals surface area contributed by atoms with Gasteiger partial charge in [0.2, 0.25) is 5.91 Å². The van der Waals surface area contributed by atoms with Gasteiger partial charge in [0.05, 0.1) is 11.1 Å². The number of nitrogens with two attached hydrogens (primary N) is 1. The molecule has 20 heavy (non-hydrogen) atoms. The third kappa shape index (κ3) is 3.64. The van der Waals surface area contributed by atoms with Crippen LogP contribution in [0.5, 0.6) is 0 Å². The highest BCUT2D eigenvalue weighted by atomic mass is 35.5. The van der Waals surface area contributed by atoms with Crippen LogP contribution in [0.4, 0.5) is 13.2 Å². The van der Waals surface area contributed by atoms with Gasteiger partial charge in [-0.25, -0.2) is 0 Å². The number of hydrogen-bond donors (Lipinski definition) is 2. The largest absolute Gasteiger partial charge is 0.417 e. The highest BCUT2D eigenvalue weighted by Crippen LogP contribution is 2.34. The summed E-state index contributed by atoms with van der Waals surface area (Å²) < 4.78 is 38.3. The Kier molecular flexibility index (Phi) is 5.42. The first kappa shape index (κ1) is 16.8. The minimum Gasteiger partial charge on any atom is -0.366 e. The number of halogens is 4. The molecule has 3 N–H and O–H groups in total. The smallest absolute Gasteiger partial charge is 0.366 e. The topological polar surface area (TPSA) is 55.1 Å². The van der Waals surface area contributed by atoms with E-state index >= 15 is 0 Å². The van der Waals surface area contributed by atoms with E-state index in [0.717, 1.165) is 31.9 Å². The van der Waals surface area contributed by atoms with Gasteiger partial charge in [-0.1, -0.05) is 12.5 Å². The summed E-state index contributed by atoms with van der Waals surface area (Å²) in [6.45, 7) is 0.831. The molecule has 3 nitrogen and oxygen atoms in total. The average Bonchev–Trinajstić information content (AvgIpc) is 2.38. The maximum atomic E-state index is 12.8. The van der Waals surface area contributed by atoms with E-state index in [0.29, 0.717) is 5.56 Å². The molecule has 2 rings (SSSR count). The van der Waals surface area contributed by atoms with Gasteiger partial charge in [0.1, 0.15) is 0 Å². The van der Waals surface area contributed by atoms with Gasteiger partial charge < -0.3 is 11.1 Å². The van der Waals surface area contributed by atoms with Gasteiger partial charge in [-0.15, -0.1) is 12.4 Å². The molecule has 112 valence electrons. The van der Waals surface area contributed by atoms with Crippen LogP contribution in [0, 0.1) is 0 Å². The van der Waals surface area contributed by atoms with Gasteiger partial charge >= 0.3 is 6.18 Å². The van der Waals surface area contributed by atoms with Crippen LogP contribution in [-0.2, 0) is 6.18 Å². The Labute approximate surface area is 121 Å². The van der Waals surface area contributed by atoms with E-state index in [9.17, 15) is 18.0 Å². The number of hydrogen-bond acceptors (Lipinski definition) is 2. The molecule has 1 heterocycles. The van der Waals surface area contributed by atoms with Crippen molar-refractivity contribution in [2.24, 2.45) is 5.73 Å². The molecule has 1 fully saturated rings. The van der Waals surface area contributed by atoms with E-state index in [1.807, 2.05) is 0 Å². The summed E-state index contributed by atoms with van der Waals surface area (Å²) in [6, 6.07) is 3.60. The van der Waals surface area contributed by atoms with E-state index in [1.54, 1.807) is 0 Å². The summed E-state index contributed by atoms with van der Waals surface area (Å²) in [7, 11) is 0. The van der Waals surface area contributed by atoms with Gasteiger partial charge in [-0.05, 0) is 37.1 Å². The molecule has 1 saturated heterocycles. The Morgan fingerprint density at radius 2 is 2.00 bits per heavy atom. The van der Waals surface area contributed by atoms with Gasteiger partial charge in [0.15, 0.2) is 0 Å². The molecular weight excluding hydrogens is 293 g/mol. The van der Waals surface area contributed by atoms with Crippen molar-refractivity contribution in [2.45, 2.75) is 31.5 Å². The zero-order chi connectivity index (χ0) is 14.0. The fourth-order valence-corrected chi connectivity index (χ4v) is 2.37. The van der Waals surface area contributed by atoms with Crippen LogP contribution in [0.2, 0.25) is 0 Å². The van der Waals surface area contributed by atoms with E-state index in [4.69, 9.17) is 5.73 Å². The van der Waals surface area contributed by atoms with E-state index in [2.05, 4.69) is 5.32 Å². The Hall–Kier alpha value is -1.27. The maximum Gasteiger partial charge on any atom is 0.417 e. The van der Waals surface area contributed by atoms with Crippen LogP contribution >= 0.6 is 12.4 Å². The molecule has 1 unspecified atom stereocenters. The standard InChI is InChI=1S/C13H15F3N2O.ClH/c14-13(15,16)10-5-4-8(7-9(10)12(17)19)11-3-1-2-6-18-11;/h4-5,7,11,18H,1-3,6H2,(H2,17,19);1H. The third-order valence-corrected chi connectivity index (χ3v) is 3.33. The summed E-state index contributed by atoms with van der Waals surface area (Å²) in [5, 5.41) is 3.23. The fraction of sp³-hybridized carbons (Fsp3) is 0.462. The molecule has 1 aliphatic rings. The Bertz CT molecular complexity index is 485. The molecule has 1 aromatic carbocycles. The number of carbonyl (C=O) groups is 1. The number of primary amides is 1. The van der Waals surface area contributed by atoms with Crippen molar-refractivity contribution in [3.8, 4) is 0 Å². The zero-order valence-corrected chi connectivity index (χ0v) is 11.5. The summed E-state index contributed by atoms with van der Waals surface area (Å²) in [5.41, 5.74) is 4.30. The molecular formula is C13H16ClF3N2O. The van der Waals surface area contributed by atoms with Crippen LogP contribution < -0.4 is 11.1 Å². The number of piperidine rings is 1. The van der Waals surface area contributed by atoms with Crippen molar-refractivity contribution in [3.63, 3.8) is 0 Å². The van der Waals surface area contributed by atoms with E-state index < -0.39 is 23.2 Å². The van der Waals surface area contributed by atoms with Crippen molar-refractivity contribution < 1.29 is 18.0 Å². The molecule has 0 bridgehead atoms. The van der Waals surface area contributed by atoms with Crippen molar-refractivity contribution in [1.29, 1.82) is 0 Å². The molecule has 7 heteroatoms. The highest BCUT2D eigenvalue weighted by molar-refractivity contribution is 5.94. The van der Waals surface area contributed by atoms with Gasteiger partial charge in [0, 0.05) is 6.04 Å². The fourth-order valence-electron chi connectivity index (χ4n) is 2.37. The van der Waals surface area contributed by atoms with Gasteiger partial charge in [-0.3, -0.25) is 4.79 Å². The van der Waals surface area contributed by atoms with Crippen LogP contribution in [0.1, 0.15) is 46.8 Å². The second-order valence-corrected chi connectivity index (χ2v) is 4.67. The summed E-state index contributed by atoms with van der Waals surface area (Å²) in [6.07, 6.45) is -1.64. The molecule has 0 aromatic heterocycles. The lowest BCUT2D eigenvalue weighted by Crippen LogP contribution is -2.27. The highest BCUT2D eigenvalue weighted by Gasteiger charge is 2.35. The third-order valence-electron chi connectivity index (χ3n) is 3.33. The van der Waals surface area contributed by atoms with Gasteiger partial charge in [0.25, 0.3) is 0 Å². The Morgan fingerprint density at radius 3 is 2.50 bits per heavy atom. The normalized spacial score (nSPS) is 19.2. The second kappa shape index (κ2) is 6.45. The molecule has 0 spiro atoms. The van der Waals surface area contributed by atoms with Crippen molar-refractivity contribution in [2.75, 3.05) is 6.54 Å². The molecule has 0 aliphatic carbocycles. The lowest BCUT2D eigenvalue weighted by Gasteiger charge is -2.24. The Morgan fingerprint density at radius 1 is 1.30 bits per heavy atom. The van der Waals surface area contributed by atoms with Crippen LogP contribution in [0.25, 0.3) is 0 Å². The Balaban J connectivity index is 0.00000200. The van der Waals surface area contributed by atoms with E-state index in [1.165, 1.54) is 12.1 Å². The molecule has 1 aromatic rings. The minimum atomic E-state index is -4.57. The number of amides is 1. The number of carbonyl (C=O) groups excluding carboxylic acids is 1. The minimum absolute atomic E-state index is 0. The molecule has 0 radical (unpaired) electrons. The first-order chi connectivity index (χ1) is 8.89. The van der Waals surface area contributed by atoms with Crippen molar-refractivity contribution in [3.05, 3.63) is 34.9 Å². The zero-order valence-electron chi connectivity index (χ0n) is 10.7. The lowest BCUT2D eigenvalue weighted by molar-refractivity contribution is -0.137. The summed E-state index contributed by atoms with van der Waals surface area (Å²) in [5.74, 6) is -1.05. The monoisotopic (exact) mass is 308 g/mol. The molecule has 1 aliphatic heterocycles. The molecule has 1 amide bonds. The molecule has 1 atom stereocenters. The predicted octanol–water partition coefficient (Wildman–Crippen LogP) is 3.04. The number of nitrogens with one attached hydrogen (secondary N) is 1. The van der Waals surface area contributed by atoms with Crippen molar-refractivity contribution in [1.82, 2.24) is 5.32 Å². The SMILES string of the molecule is Cl.NC(=O)c1cc(C2CCCCN2)ccc1C(F)(F)F. The quantitative estimate of drug-likeness (QED) is 0.882. The summed E-state index contributed by atoms with van der Waals surface area (Å²) >= 11 is 0. The van der Waals surface area contributed by atoms with Crippen LogP contribution in [0.3, 0.4) is 0 Å². The van der Waals surface area contributed by atoms with Crippen LogP contribution in [0.15, 0.2) is 18.2 Å². The average molecular weight is 309 g/mol. The summed E-state index contributed by atoms with van der Waals surface area (Å²) in [4.78, 5) is 11.2. The van der Waals surface area contributed by atoms with Crippen LogP contribution in [-0.4, -0.2) is 12.5 Å². The number of benzene rings is 1. The lowest BCUT2D eigenvalue weighted by atomic mass is 9.94. The molecule has 0 saturated carbocycles. The first-order valence-corrected chi connectivity index (χ1v) is 6.14. The number of alkyl halides is 3. The van der Waals surface area contributed by atoms with Gasteiger partial charge in [-0.2, -0.15) is 13.2 Å². The maximum absolute atomic E-state index is 12.8. The number of rotatable bonds is 2. The first-order valence-electron chi connectivity index (χ1n) is 6.14.